The van der Waals surface area contributed by atoms with Crippen LogP contribution in [0.15, 0.2) is 42.5 Å². The van der Waals surface area contributed by atoms with Gasteiger partial charge in [0.2, 0.25) is 0 Å². The molecule has 1 aromatic carbocycles. The molecule has 0 saturated carbocycles. The maximum Gasteiger partial charge on any atom is -1.00 e. The van der Waals surface area contributed by atoms with Gasteiger partial charge >= 0.3 is 157 Å². The normalized spacial score (nSPS) is 19.9. The number of allylic oxidation sites excluding steroid dienone is 5. The van der Waals surface area contributed by atoms with E-state index in [-0.39, 0.29) is 24.8 Å². The van der Waals surface area contributed by atoms with Crippen LogP contribution in [-0.4, -0.2) is 5.25 Å². The Labute approximate surface area is 180 Å². The van der Waals surface area contributed by atoms with Gasteiger partial charge in [-0.25, -0.2) is 0 Å². The van der Waals surface area contributed by atoms with Crippen molar-refractivity contribution in [3.05, 3.63) is 53.6 Å². The van der Waals surface area contributed by atoms with Gasteiger partial charge in [0.1, 0.15) is 0 Å². The largest absolute Gasteiger partial charge is 1.00 e. The molecule has 1 aromatic rings. The number of thioether (sulfide) groups is 1. The van der Waals surface area contributed by atoms with Gasteiger partial charge in [-0.2, -0.15) is 0 Å². The van der Waals surface area contributed by atoms with E-state index in [1.54, 1.807) is 6.56 Å². The minimum Gasteiger partial charge on any atom is -1.00 e. The van der Waals surface area contributed by atoms with E-state index in [0.29, 0.717) is 5.25 Å². The molecule has 1 heterocycles. The van der Waals surface area contributed by atoms with E-state index in [1.807, 2.05) is 11.8 Å². The van der Waals surface area contributed by atoms with E-state index in [1.165, 1.54) is 42.9 Å². The van der Waals surface area contributed by atoms with E-state index < -0.39 is 23.2 Å². The van der Waals surface area contributed by atoms with E-state index >= 15 is 0 Å². The summed E-state index contributed by atoms with van der Waals surface area (Å²) in [5.74, 6) is 0. The topological polar surface area (TPSA) is 0 Å². The molecule has 0 amide bonds. The average Bonchev–Trinajstić information content (AvgIpc) is 3.14. The van der Waals surface area contributed by atoms with Crippen molar-refractivity contribution >= 4 is 42.6 Å². The summed E-state index contributed by atoms with van der Waals surface area (Å²) >= 11 is 5.30. The van der Waals surface area contributed by atoms with Crippen molar-refractivity contribution < 1.29 is 48.0 Å². The minimum absolute atomic E-state index is 0. The molecule has 0 saturated heterocycles. The third-order valence-electron chi connectivity index (χ3n) is 4.64. The molecule has 2 aliphatic carbocycles. The Kier molecular flexibility index (Phi) is 6.93. The Balaban J connectivity index is 0.00000104. The molecule has 24 heavy (non-hydrogen) atoms. The van der Waals surface area contributed by atoms with Gasteiger partial charge < -0.3 is 24.8 Å². The van der Waals surface area contributed by atoms with Crippen LogP contribution in [0.5, 0.6) is 0 Å². The van der Waals surface area contributed by atoms with E-state index in [4.69, 9.17) is 0 Å². The molecule has 3 aliphatic rings. The van der Waals surface area contributed by atoms with E-state index in [0.717, 1.165) is 0 Å². The van der Waals surface area contributed by atoms with Gasteiger partial charge in [-0.05, 0) is 0 Å². The molecule has 0 radical (unpaired) electrons. The van der Waals surface area contributed by atoms with Crippen LogP contribution < -0.4 is 35.3 Å². The molecular weight excluding hydrogens is 502 g/mol. The van der Waals surface area contributed by atoms with Gasteiger partial charge in [0.25, 0.3) is 0 Å². The zero-order valence-corrected chi connectivity index (χ0v) is 20.1. The van der Waals surface area contributed by atoms with Gasteiger partial charge in [0, 0.05) is 0 Å². The fourth-order valence-electron chi connectivity index (χ4n) is 3.32. The summed E-state index contributed by atoms with van der Waals surface area (Å²) in [6, 6.07) is 2.42. The zero-order valence-electron chi connectivity index (χ0n) is 13.7. The molecule has 0 nitrogen and oxygen atoms in total. The first-order valence-electron chi connectivity index (χ1n) is 7.62. The third-order valence-corrected chi connectivity index (χ3v) is 10.6. The summed E-state index contributed by atoms with van der Waals surface area (Å²) in [4.78, 5) is 1.45. The summed E-state index contributed by atoms with van der Waals surface area (Å²) in [5.41, 5.74) is 4.52. The second kappa shape index (κ2) is 8.01. The SMILES string of the molecule is CC1=[C]([Zr+2][C]2=CC=CC2)c2c(Br)c3c(cc2=C1)SC(C)C=3C.[Cl-].[Cl-]. The first-order valence-corrected chi connectivity index (χ1v) is 11.7. The van der Waals surface area contributed by atoms with Crippen LogP contribution in [0.25, 0.3) is 14.9 Å². The second-order valence-electron chi connectivity index (χ2n) is 6.12. The van der Waals surface area contributed by atoms with Crippen LogP contribution >= 0.6 is 27.7 Å². The molecule has 0 fully saturated rings. The van der Waals surface area contributed by atoms with Gasteiger partial charge in [-0.15, -0.1) is 0 Å². The molecule has 124 valence electrons. The second-order valence-corrected chi connectivity index (χ2v) is 11.7. The summed E-state index contributed by atoms with van der Waals surface area (Å²) in [7, 11) is 0. The van der Waals surface area contributed by atoms with Crippen molar-refractivity contribution in [2.24, 2.45) is 0 Å². The van der Waals surface area contributed by atoms with Crippen molar-refractivity contribution in [1.82, 2.24) is 0 Å². The molecule has 0 spiro atoms. The number of hydrogen-bond acceptors (Lipinski definition) is 1. The summed E-state index contributed by atoms with van der Waals surface area (Å²) in [6.07, 6.45) is 10.4. The van der Waals surface area contributed by atoms with Crippen LogP contribution in [0.3, 0.4) is 0 Å². The Morgan fingerprint density at radius 3 is 2.67 bits per heavy atom. The average molecular weight is 519 g/mol. The van der Waals surface area contributed by atoms with Crippen molar-refractivity contribution in [2.45, 2.75) is 37.3 Å². The fraction of sp³-hybridized carbons (Fsp3) is 0.263. The Hall–Kier alpha value is 0.473. The molecule has 1 aliphatic heterocycles. The zero-order chi connectivity index (χ0) is 15.4. The van der Waals surface area contributed by atoms with Crippen LogP contribution in [0.4, 0.5) is 0 Å². The van der Waals surface area contributed by atoms with E-state index in [2.05, 4.69) is 67.1 Å². The maximum absolute atomic E-state index is 3.97. The monoisotopic (exact) mass is 516 g/mol. The van der Waals surface area contributed by atoms with Crippen LogP contribution in [0.1, 0.15) is 32.8 Å². The molecule has 0 aromatic heterocycles. The molecule has 1 atom stereocenters. The number of fused-ring (bicyclic) bond motifs is 2. The van der Waals surface area contributed by atoms with Crippen molar-refractivity contribution in [1.29, 1.82) is 0 Å². The molecular formula is C19H17BrCl2SZr. The van der Waals surface area contributed by atoms with Crippen molar-refractivity contribution in [2.75, 3.05) is 0 Å². The smallest absolute Gasteiger partial charge is 1.00 e. The van der Waals surface area contributed by atoms with Crippen molar-refractivity contribution in [3.8, 4) is 0 Å². The minimum atomic E-state index is -0.678. The predicted molar refractivity (Wildman–Crippen MR) is 96.7 cm³/mol. The van der Waals surface area contributed by atoms with Gasteiger partial charge in [-0.1, -0.05) is 0 Å². The number of rotatable bonds is 2. The van der Waals surface area contributed by atoms with Crippen LogP contribution in [0, 0.1) is 0 Å². The number of hydrogen-bond donors (Lipinski definition) is 0. The first kappa shape index (κ1) is 20.8. The maximum atomic E-state index is 3.97. The van der Waals surface area contributed by atoms with Crippen LogP contribution in [0.2, 0.25) is 0 Å². The van der Waals surface area contributed by atoms with Gasteiger partial charge in [-0.3, -0.25) is 0 Å². The van der Waals surface area contributed by atoms with Crippen molar-refractivity contribution in [3.63, 3.8) is 0 Å². The molecule has 0 N–H and O–H groups in total. The summed E-state index contributed by atoms with van der Waals surface area (Å²) in [6.45, 7) is 6.90. The van der Waals surface area contributed by atoms with Gasteiger partial charge in [0.15, 0.2) is 0 Å². The molecule has 0 bridgehead atoms. The molecule has 4 rings (SSSR count). The van der Waals surface area contributed by atoms with E-state index in [9.17, 15) is 0 Å². The van der Waals surface area contributed by atoms with Crippen LogP contribution in [-0.2, 0) is 23.2 Å². The first-order chi connectivity index (χ1) is 10.6. The standard InChI is InChI=1S/C14H12BrS.C5H5.2ClH.Zr/c1-7-4-10-6-12-13(8(2)9(3)16-12)14(15)11(10)5-7;1-2-4-5-3-1;;;/h4,6,9H,1-3H3;1-3H,4H2;2*1H;/q;;;;+2/p-2. The fourth-order valence-corrected chi connectivity index (χ4v) is 9.51. The summed E-state index contributed by atoms with van der Waals surface area (Å²) < 4.78 is 4.71. The third kappa shape index (κ3) is 3.37. The summed E-state index contributed by atoms with van der Waals surface area (Å²) in [5, 5.41) is 3.50. The Bertz CT molecular complexity index is 912. The number of benzene rings is 1. The van der Waals surface area contributed by atoms with Gasteiger partial charge in [0.05, 0.1) is 0 Å². The molecule has 1 unspecified atom stereocenters. The number of halogens is 3. The molecule has 5 heteroatoms. The Morgan fingerprint density at radius 1 is 1.25 bits per heavy atom. The Morgan fingerprint density at radius 2 is 2.00 bits per heavy atom. The predicted octanol–water partition coefficient (Wildman–Crippen LogP) is -1.43. The quantitative estimate of drug-likeness (QED) is 0.462.